The number of para-hydroxylation sites is 2. The smallest absolute Gasteiger partial charge is 0.280 e. The molecule has 2 heterocycles. The normalized spacial score (nSPS) is 23.5. The zero-order valence-corrected chi connectivity index (χ0v) is 14.6. The van der Waals surface area contributed by atoms with Crippen LogP contribution in [0.2, 0.25) is 0 Å². The second kappa shape index (κ2) is 7.55. The third kappa shape index (κ3) is 3.64. The lowest BCUT2D eigenvalue weighted by molar-refractivity contribution is -0.0819. The van der Waals surface area contributed by atoms with E-state index in [0.717, 1.165) is 0 Å². The maximum Gasteiger partial charge on any atom is 0.280 e. The number of amides is 1. The summed E-state index contributed by atoms with van der Waals surface area (Å²) in [4.78, 5) is 31.8. The number of carbonyl (C=O) groups is 1. The highest BCUT2D eigenvalue weighted by molar-refractivity contribution is 5.93. The number of ether oxygens (including phenoxy) is 2. The predicted molar refractivity (Wildman–Crippen MR) is 96.1 cm³/mol. The Morgan fingerprint density at radius 3 is 2.96 bits per heavy atom. The van der Waals surface area contributed by atoms with Gasteiger partial charge in [0.2, 0.25) is 0 Å². The van der Waals surface area contributed by atoms with E-state index in [1.165, 1.54) is 19.3 Å². The molecule has 0 bridgehead atoms. The van der Waals surface area contributed by atoms with Gasteiger partial charge in [-0.2, -0.15) is 0 Å². The Morgan fingerprint density at radius 2 is 2.15 bits per heavy atom. The van der Waals surface area contributed by atoms with Gasteiger partial charge in [0, 0.05) is 13.2 Å². The lowest BCUT2D eigenvalue weighted by Gasteiger charge is -2.34. The van der Waals surface area contributed by atoms with Gasteiger partial charge in [0.25, 0.3) is 11.5 Å². The van der Waals surface area contributed by atoms with Crippen molar-refractivity contribution in [2.45, 2.75) is 37.8 Å². The van der Waals surface area contributed by atoms with Gasteiger partial charge >= 0.3 is 0 Å². The first-order valence-electron chi connectivity index (χ1n) is 9.20. The maximum atomic E-state index is 12.6. The molecule has 0 spiro atoms. The minimum atomic E-state index is -0.486. The number of hydrogen-bond donors (Lipinski definition) is 2. The second-order valence-electron chi connectivity index (χ2n) is 7.04. The minimum Gasteiger partial charge on any atom is -0.379 e. The summed E-state index contributed by atoms with van der Waals surface area (Å²) in [5, 5.41) is 2.92. The molecule has 1 aromatic heterocycles. The van der Waals surface area contributed by atoms with E-state index >= 15 is 0 Å². The van der Waals surface area contributed by atoms with E-state index in [-0.39, 0.29) is 17.8 Å². The molecular formula is C19H23N3O4. The Labute approximate surface area is 151 Å². The van der Waals surface area contributed by atoms with E-state index in [1.54, 1.807) is 12.1 Å². The van der Waals surface area contributed by atoms with Crippen LogP contribution in [0.5, 0.6) is 0 Å². The lowest BCUT2D eigenvalue weighted by Crippen LogP contribution is -2.51. The summed E-state index contributed by atoms with van der Waals surface area (Å²) in [6, 6.07) is 6.98. The minimum absolute atomic E-state index is 0.118. The van der Waals surface area contributed by atoms with Crippen LogP contribution >= 0.6 is 0 Å². The van der Waals surface area contributed by atoms with Crippen LogP contribution in [0.4, 0.5) is 0 Å². The summed E-state index contributed by atoms with van der Waals surface area (Å²) < 4.78 is 11.5. The highest BCUT2D eigenvalue weighted by Crippen LogP contribution is 2.27. The third-order valence-electron chi connectivity index (χ3n) is 5.21. The summed E-state index contributed by atoms with van der Waals surface area (Å²) in [7, 11) is 0. The van der Waals surface area contributed by atoms with Gasteiger partial charge in [-0.05, 0) is 37.3 Å². The maximum absolute atomic E-state index is 12.6. The fourth-order valence-corrected chi connectivity index (χ4v) is 3.38. The van der Waals surface area contributed by atoms with Crippen molar-refractivity contribution in [2.24, 2.45) is 5.92 Å². The van der Waals surface area contributed by atoms with Gasteiger partial charge in [0.1, 0.15) is 6.10 Å². The summed E-state index contributed by atoms with van der Waals surface area (Å²) in [6.45, 7) is 1.73. The molecule has 2 aromatic rings. The fraction of sp³-hybridized carbons (Fsp3) is 0.526. The fourth-order valence-electron chi connectivity index (χ4n) is 3.38. The van der Waals surface area contributed by atoms with E-state index in [1.807, 2.05) is 12.1 Å². The van der Waals surface area contributed by atoms with E-state index in [9.17, 15) is 9.59 Å². The van der Waals surface area contributed by atoms with Crippen LogP contribution in [-0.2, 0) is 9.47 Å². The molecule has 2 aliphatic rings. The monoisotopic (exact) mass is 357 g/mol. The predicted octanol–water partition coefficient (Wildman–Crippen LogP) is 1.63. The molecule has 1 aliphatic carbocycles. The first-order valence-corrected chi connectivity index (χ1v) is 9.20. The van der Waals surface area contributed by atoms with E-state index in [2.05, 4.69) is 15.3 Å². The SMILES string of the molecule is O=C(N[C@@H]1CCOC[C@H]1OCC1CCC1)c1nc2ccccc2[nH]c1=O. The van der Waals surface area contributed by atoms with E-state index in [4.69, 9.17) is 9.47 Å². The topological polar surface area (TPSA) is 93.3 Å². The highest BCUT2D eigenvalue weighted by atomic mass is 16.5. The van der Waals surface area contributed by atoms with Crippen LogP contribution in [0.15, 0.2) is 29.1 Å². The van der Waals surface area contributed by atoms with Crippen LogP contribution in [-0.4, -0.2) is 47.8 Å². The molecule has 4 rings (SSSR count). The quantitative estimate of drug-likeness (QED) is 0.848. The number of aromatic nitrogens is 2. The number of fused-ring (bicyclic) bond motifs is 1. The number of hydrogen-bond acceptors (Lipinski definition) is 5. The summed E-state index contributed by atoms with van der Waals surface area (Å²) in [6.07, 6.45) is 4.16. The van der Waals surface area contributed by atoms with Crippen molar-refractivity contribution in [2.75, 3.05) is 19.8 Å². The number of rotatable bonds is 5. The van der Waals surface area contributed by atoms with Gasteiger partial charge in [0.15, 0.2) is 5.69 Å². The van der Waals surface area contributed by atoms with Gasteiger partial charge in [-0.25, -0.2) is 4.98 Å². The molecule has 1 saturated heterocycles. The van der Waals surface area contributed by atoms with Crippen LogP contribution in [0.1, 0.15) is 36.2 Å². The standard InChI is InChI=1S/C19H23N3O4/c23-18-17(20-13-6-1-2-7-14(13)21-18)19(24)22-15-8-9-25-11-16(15)26-10-12-4-3-5-12/h1-2,6-7,12,15-16H,3-5,8-11H2,(H,21,23)(H,22,24)/t15-,16-/m1/s1. The van der Waals surface area contributed by atoms with Crippen molar-refractivity contribution < 1.29 is 14.3 Å². The van der Waals surface area contributed by atoms with Crippen molar-refractivity contribution >= 4 is 16.9 Å². The molecule has 2 N–H and O–H groups in total. The average molecular weight is 357 g/mol. The summed E-state index contributed by atoms with van der Waals surface area (Å²) >= 11 is 0. The van der Waals surface area contributed by atoms with Crippen LogP contribution < -0.4 is 10.9 Å². The number of benzene rings is 1. The molecule has 0 radical (unpaired) electrons. The number of aromatic amines is 1. The molecular weight excluding hydrogens is 334 g/mol. The summed E-state index contributed by atoms with van der Waals surface area (Å²) in [5.74, 6) is 0.152. The molecule has 0 unspecified atom stereocenters. The average Bonchev–Trinajstić information content (AvgIpc) is 2.61. The largest absolute Gasteiger partial charge is 0.379 e. The summed E-state index contributed by atoms with van der Waals surface area (Å²) in [5.41, 5.74) is 0.594. The molecule has 2 atom stereocenters. The number of nitrogens with one attached hydrogen (secondary N) is 2. The molecule has 138 valence electrons. The Morgan fingerprint density at radius 1 is 1.31 bits per heavy atom. The Bertz CT molecular complexity index is 846. The molecule has 26 heavy (non-hydrogen) atoms. The van der Waals surface area contributed by atoms with Crippen molar-refractivity contribution in [3.63, 3.8) is 0 Å². The van der Waals surface area contributed by atoms with E-state index in [0.29, 0.717) is 43.2 Å². The highest BCUT2D eigenvalue weighted by Gasteiger charge is 2.30. The van der Waals surface area contributed by atoms with Crippen LogP contribution in [0.25, 0.3) is 11.0 Å². The van der Waals surface area contributed by atoms with Gasteiger partial charge < -0.3 is 19.8 Å². The van der Waals surface area contributed by atoms with Gasteiger partial charge in [-0.15, -0.1) is 0 Å². The molecule has 7 heteroatoms. The van der Waals surface area contributed by atoms with Crippen molar-refractivity contribution in [1.82, 2.24) is 15.3 Å². The first-order chi connectivity index (χ1) is 12.7. The third-order valence-corrected chi connectivity index (χ3v) is 5.21. The molecule has 1 aliphatic heterocycles. The number of carbonyl (C=O) groups excluding carboxylic acids is 1. The number of nitrogens with zero attached hydrogens (tertiary/aromatic N) is 1. The molecule has 1 amide bonds. The first kappa shape index (κ1) is 17.2. The zero-order valence-electron chi connectivity index (χ0n) is 14.6. The molecule has 1 aromatic carbocycles. The van der Waals surface area contributed by atoms with Gasteiger partial charge in [-0.1, -0.05) is 18.6 Å². The molecule has 7 nitrogen and oxygen atoms in total. The Hall–Kier alpha value is -2.25. The van der Waals surface area contributed by atoms with Crippen molar-refractivity contribution in [3.05, 3.63) is 40.3 Å². The number of H-pyrrole nitrogens is 1. The van der Waals surface area contributed by atoms with Gasteiger partial charge in [-0.3, -0.25) is 9.59 Å². The van der Waals surface area contributed by atoms with Crippen LogP contribution in [0.3, 0.4) is 0 Å². The zero-order chi connectivity index (χ0) is 17.9. The molecule has 1 saturated carbocycles. The van der Waals surface area contributed by atoms with Crippen molar-refractivity contribution in [3.8, 4) is 0 Å². The molecule has 2 fully saturated rings. The van der Waals surface area contributed by atoms with Crippen LogP contribution in [0, 0.1) is 5.92 Å². The van der Waals surface area contributed by atoms with E-state index < -0.39 is 11.5 Å². The van der Waals surface area contributed by atoms with Crippen molar-refractivity contribution in [1.29, 1.82) is 0 Å². The Balaban J connectivity index is 1.46. The lowest BCUT2D eigenvalue weighted by atomic mass is 9.86. The van der Waals surface area contributed by atoms with Gasteiger partial charge in [0.05, 0.1) is 23.7 Å². The Kier molecular flexibility index (Phi) is 4.99. The second-order valence-corrected chi connectivity index (χ2v) is 7.04.